The molecular formula is C19H23N3O. The largest absolute Gasteiger partial charge is 0.323 e. The van der Waals surface area contributed by atoms with Gasteiger partial charge in [0, 0.05) is 24.5 Å². The first kappa shape index (κ1) is 15.6. The van der Waals surface area contributed by atoms with Crippen LogP contribution in [0.25, 0.3) is 0 Å². The van der Waals surface area contributed by atoms with Crippen LogP contribution < -0.4 is 10.6 Å². The first-order valence-corrected chi connectivity index (χ1v) is 8.12. The minimum Gasteiger partial charge on any atom is -0.308 e. The minimum atomic E-state index is -0.189. The van der Waals surface area contributed by atoms with E-state index in [0.717, 1.165) is 37.3 Å². The van der Waals surface area contributed by atoms with Crippen molar-refractivity contribution in [2.24, 2.45) is 0 Å². The molecule has 0 radical (unpaired) electrons. The fourth-order valence-corrected chi connectivity index (χ4v) is 3.02. The van der Waals surface area contributed by atoms with E-state index in [4.69, 9.17) is 0 Å². The number of nitrogens with zero attached hydrogens (tertiary/aromatic N) is 1. The molecule has 2 aromatic carbocycles. The molecular weight excluding hydrogens is 286 g/mol. The molecule has 2 aromatic rings. The summed E-state index contributed by atoms with van der Waals surface area (Å²) in [6, 6.07) is 13.9. The highest BCUT2D eigenvalue weighted by molar-refractivity contribution is 6.00. The molecule has 0 aliphatic carbocycles. The van der Waals surface area contributed by atoms with Crippen LogP contribution in [-0.2, 0) is 19.4 Å². The molecule has 3 rings (SSSR count). The van der Waals surface area contributed by atoms with Gasteiger partial charge in [0.2, 0.25) is 0 Å². The third-order valence-electron chi connectivity index (χ3n) is 4.30. The Kier molecular flexibility index (Phi) is 4.63. The van der Waals surface area contributed by atoms with E-state index in [0.29, 0.717) is 0 Å². The first-order valence-electron chi connectivity index (χ1n) is 8.12. The second-order valence-electron chi connectivity index (χ2n) is 6.06. The molecule has 0 aromatic heterocycles. The van der Waals surface area contributed by atoms with Crippen molar-refractivity contribution in [2.75, 3.05) is 24.2 Å². The van der Waals surface area contributed by atoms with Crippen LogP contribution in [0.5, 0.6) is 0 Å². The second-order valence-corrected chi connectivity index (χ2v) is 6.06. The number of nitrogens with one attached hydrogen (secondary N) is 2. The molecule has 23 heavy (non-hydrogen) atoms. The summed E-state index contributed by atoms with van der Waals surface area (Å²) in [4.78, 5) is 14.6. The molecule has 2 amide bonds. The SMILES string of the molecule is CCc1cccc(NC(=O)Nc2cccc3c2CCN(C)C3)c1. The van der Waals surface area contributed by atoms with E-state index in [-0.39, 0.29) is 6.03 Å². The first-order chi connectivity index (χ1) is 11.2. The molecule has 0 bridgehead atoms. The number of amides is 2. The molecule has 0 saturated carbocycles. The average Bonchev–Trinajstić information content (AvgIpc) is 2.55. The van der Waals surface area contributed by atoms with E-state index in [2.05, 4.69) is 41.6 Å². The number of carbonyl (C=O) groups is 1. The number of urea groups is 1. The summed E-state index contributed by atoms with van der Waals surface area (Å²) in [5, 5.41) is 5.92. The summed E-state index contributed by atoms with van der Waals surface area (Å²) < 4.78 is 0. The molecule has 2 N–H and O–H groups in total. The van der Waals surface area contributed by atoms with Gasteiger partial charge in [0.1, 0.15) is 0 Å². The Morgan fingerprint density at radius 1 is 1.17 bits per heavy atom. The highest BCUT2D eigenvalue weighted by atomic mass is 16.2. The molecule has 0 unspecified atom stereocenters. The third-order valence-corrected chi connectivity index (χ3v) is 4.30. The number of carbonyl (C=O) groups excluding carboxylic acids is 1. The van der Waals surface area contributed by atoms with Crippen molar-refractivity contribution in [3.8, 4) is 0 Å². The highest BCUT2D eigenvalue weighted by Gasteiger charge is 2.17. The van der Waals surface area contributed by atoms with Crippen LogP contribution in [0.4, 0.5) is 16.2 Å². The third kappa shape index (κ3) is 3.71. The van der Waals surface area contributed by atoms with Gasteiger partial charge in [0.15, 0.2) is 0 Å². The molecule has 4 nitrogen and oxygen atoms in total. The number of likely N-dealkylation sites (N-methyl/N-ethyl adjacent to an activating group) is 1. The lowest BCUT2D eigenvalue weighted by atomic mass is 9.98. The predicted octanol–water partition coefficient (Wildman–Crippen LogP) is 3.88. The van der Waals surface area contributed by atoms with Crippen molar-refractivity contribution in [2.45, 2.75) is 26.3 Å². The summed E-state index contributed by atoms with van der Waals surface area (Å²) in [7, 11) is 2.12. The van der Waals surface area contributed by atoms with E-state index in [1.807, 2.05) is 30.3 Å². The zero-order valence-electron chi connectivity index (χ0n) is 13.7. The maximum absolute atomic E-state index is 12.3. The highest BCUT2D eigenvalue weighted by Crippen LogP contribution is 2.25. The zero-order valence-corrected chi connectivity index (χ0v) is 13.7. The molecule has 0 saturated heterocycles. The zero-order chi connectivity index (χ0) is 16.2. The second kappa shape index (κ2) is 6.84. The summed E-state index contributed by atoms with van der Waals surface area (Å²) in [5.41, 5.74) is 5.50. The van der Waals surface area contributed by atoms with Gasteiger partial charge in [0.25, 0.3) is 0 Å². The van der Waals surface area contributed by atoms with Crippen molar-refractivity contribution in [1.29, 1.82) is 0 Å². The Labute approximate surface area is 137 Å². The quantitative estimate of drug-likeness (QED) is 0.903. The smallest absolute Gasteiger partial charge is 0.308 e. The lowest BCUT2D eigenvalue weighted by molar-refractivity contribution is 0.262. The van der Waals surface area contributed by atoms with Gasteiger partial charge in [-0.3, -0.25) is 0 Å². The predicted molar refractivity (Wildman–Crippen MR) is 94.9 cm³/mol. The van der Waals surface area contributed by atoms with E-state index in [1.54, 1.807) is 0 Å². The Morgan fingerprint density at radius 3 is 2.83 bits per heavy atom. The summed E-state index contributed by atoms with van der Waals surface area (Å²) in [5.74, 6) is 0. The van der Waals surface area contributed by atoms with Gasteiger partial charge in [0.05, 0.1) is 0 Å². The van der Waals surface area contributed by atoms with Crippen LogP contribution in [0.2, 0.25) is 0 Å². The maximum atomic E-state index is 12.3. The number of fused-ring (bicyclic) bond motifs is 1. The molecule has 120 valence electrons. The minimum absolute atomic E-state index is 0.189. The van der Waals surface area contributed by atoms with Gasteiger partial charge < -0.3 is 15.5 Å². The van der Waals surface area contributed by atoms with Gasteiger partial charge >= 0.3 is 6.03 Å². The summed E-state index contributed by atoms with van der Waals surface area (Å²) in [6.45, 7) is 4.06. The summed E-state index contributed by atoms with van der Waals surface area (Å²) in [6.07, 6.45) is 1.92. The van der Waals surface area contributed by atoms with E-state index in [1.165, 1.54) is 16.7 Å². The van der Waals surface area contributed by atoms with Crippen molar-refractivity contribution in [3.63, 3.8) is 0 Å². The van der Waals surface area contributed by atoms with E-state index >= 15 is 0 Å². The molecule has 1 aliphatic rings. The number of hydrogen-bond donors (Lipinski definition) is 2. The lowest BCUT2D eigenvalue weighted by Crippen LogP contribution is -2.28. The van der Waals surface area contributed by atoms with Crippen molar-refractivity contribution < 1.29 is 4.79 Å². The van der Waals surface area contributed by atoms with Crippen LogP contribution in [0.3, 0.4) is 0 Å². The fourth-order valence-electron chi connectivity index (χ4n) is 3.02. The molecule has 0 fully saturated rings. The summed E-state index contributed by atoms with van der Waals surface area (Å²) >= 11 is 0. The average molecular weight is 309 g/mol. The van der Waals surface area contributed by atoms with E-state index < -0.39 is 0 Å². The van der Waals surface area contributed by atoms with Crippen LogP contribution in [0, 0.1) is 0 Å². The van der Waals surface area contributed by atoms with Crippen molar-refractivity contribution >= 4 is 17.4 Å². The topological polar surface area (TPSA) is 44.4 Å². The molecule has 1 heterocycles. The van der Waals surface area contributed by atoms with Crippen LogP contribution >= 0.6 is 0 Å². The van der Waals surface area contributed by atoms with Crippen molar-refractivity contribution in [1.82, 2.24) is 4.90 Å². The molecule has 1 aliphatic heterocycles. The molecule has 4 heteroatoms. The normalized spacial score (nSPS) is 14.2. The van der Waals surface area contributed by atoms with Crippen molar-refractivity contribution in [3.05, 3.63) is 59.2 Å². The van der Waals surface area contributed by atoms with Gasteiger partial charge in [-0.25, -0.2) is 4.79 Å². The van der Waals surface area contributed by atoms with Gasteiger partial charge in [-0.1, -0.05) is 31.2 Å². The Morgan fingerprint density at radius 2 is 2.00 bits per heavy atom. The van der Waals surface area contributed by atoms with Crippen LogP contribution in [-0.4, -0.2) is 24.5 Å². The van der Waals surface area contributed by atoms with Gasteiger partial charge in [-0.15, -0.1) is 0 Å². The van der Waals surface area contributed by atoms with Crippen LogP contribution in [0.1, 0.15) is 23.6 Å². The van der Waals surface area contributed by atoms with Gasteiger partial charge in [-0.2, -0.15) is 0 Å². The Hall–Kier alpha value is -2.33. The Balaban J connectivity index is 1.72. The monoisotopic (exact) mass is 309 g/mol. The number of aryl methyl sites for hydroxylation is 1. The van der Waals surface area contributed by atoms with E-state index in [9.17, 15) is 4.79 Å². The molecule has 0 spiro atoms. The number of benzene rings is 2. The fraction of sp³-hybridized carbons (Fsp3) is 0.316. The maximum Gasteiger partial charge on any atom is 0.323 e. The molecule has 0 atom stereocenters. The number of rotatable bonds is 3. The number of anilines is 2. The Bertz CT molecular complexity index is 712. The standard InChI is InChI=1S/C19H23N3O/c1-3-14-6-4-8-16(12-14)20-19(23)21-18-9-5-7-15-13-22(2)11-10-17(15)18/h4-9,12H,3,10-11,13H2,1-2H3,(H2,20,21,23). The lowest BCUT2D eigenvalue weighted by Gasteiger charge is -2.26. The van der Waals surface area contributed by atoms with Gasteiger partial charge in [-0.05, 0) is 54.8 Å². The van der Waals surface area contributed by atoms with Crippen LogP contribution in [0.15, 0.2) is 42.5 Å². The number of hydrogen-bond acceptors (Lipinski definition) is 2.